The molecule has 4 nitrogen and oxygen atoms in total. The first-order valence-electron chi connectivity index (χ1n) is 12.4. The number of aryl methyl sites for hydroxylation is 1. The Morgan fingerprint density at radius 2 is 1.78 bits per heavy atom. The van der Waals surface area contributed by atoms with Gasteiger partial charge in [-0.3, -0.25) is 4.90 Å². The second kappa shape index (κ2) is 11.7. The Bertz CT molecular complexity index is 820. The molecule has 0 spiro atoms. The molecule has 1 fully saturated rings. The van der Waals surface area contributed by atoms with Gasteiger partial charge in [0.15, 0.2) is 0 Å². The number of nitrogens with one attached hydrogen (secondary N) is 1. The van der Waals surface area contributed by atoms with Gasteiger partial charge in [-0.25, -0.2) is 0 Å². The summed E-state index contributed by atoms with van der Waals surface area (Å²) in [6, 6.07) is 16.4. The van der Waals surface area contributed by atoms with E-state index in [-0.39, 0.29) is 0 Å². The van der Waals surface area contributed by atoms with Gasteiger partial charge >= 0.3 is 0 Å². The molecule has 0 radical (unpaired) electrons. The number of benzene rings is 2. The second-order valence-electron chi connectivity index (χ2n) is 10.1. The molecule has 0 aliphatic carbocycles. The topological polar surface area (TPSA) is 55.7 Å². The summed E-state index contributed by atoms with van der Waals surface area (Å²) in [6.45, 7) is 12.6. The molecule has 4 heteroatoms. The van der Waals surface area contributed by atoms with Gasteiger partial charge < -0.3 is 15.5 Å². The van der Waals surface area contributed by atoms with Crippen LogP contribution < -0.4 is 5.32 Å². The minimum Gasteiger partial charge on any atom is -0.508 e. The van der Waals surface area contributed by atoms with Crippen molar-refractivity contribution < 1.29 is 10.2 Å². The molecule has 3 rings (SSSR count). The number of hydrogen-bond acceptors (Lipinski definition) is 4. The molecule has 4 atom stereocenters. The van der Waals surface area contributed by atoms with Crippen molar-refractivity contribution in [2.75, 3.05) is 19.6 Å². The van der Waals surface area contributed by atoms with Gasteiger partial charge in [-0.15, -0.1) is 0 Å². The van der Waals surface area contributed by atoms with Crippen molar-refractivity contribution in [3.05, 3.63) is 59.7 Å². The number of phenolic OH excluding ortho intramolecular Hbond substituents is 2. The van der Waals surface area contributed by atoms with Crippen LogP contribution in [0.4, 0.5) is 0 Å². The summed E-state index contributed by atoms with van der Waals surface area (Å²) in [5, 5.41) is 23.2. The summed E-state index contributed by atoms with van der Waals surface area (Å²) in [5.41, 5.74) is 2.55. The van der Waals surface area contributed by atoms with Gasteiger partial charge in [-0.2, -0.15) is 0 Å². The minimum absolute atomic E-state index is 0.333. The van der Waals surface area contributed by atoms with Gasteiger partial charge in [0.2, 0.25) is 0 Å². The molecule has 3 N–H and O–H groups in total. The largest absolute Gasteiger partial charge is 0.508 e. The zero-order valence-electron chi connectivity index (χ0n) is 20.3. The van der Waals surface area contributed by atoms with Gasteiger partial charge in [0.05, 0.1) is 0 Å². The molecular weight excluding hydrogens is 396 g/mol. The summed E-state index contributed by atoms with van der Waals surface area (Å²) >= 11 is 0. The Morgan fingerprint density at radius 3 is 2.47 bits per heavy atom. The molecule has 0 bridgehead atoms. The zero-order chi connectivity index (χ0) is 23.1. The molecule has 1 aliphatic rings. The van der Waals surface area contributed by atoms with Crippen LogP contribution >= 0.6 is 0 Å². The molecule has 1 heterocycles. The number of phenols is 2. The number of nitrogens with zero attached hydrogens (tertiary/aromatic N) is 1. The molecular formula is C28H42N2O2. The van der Waals surface area contributed by atoms with Crippen molar-refractivity contribution in [3.8, 4) is 11.5 Å². The highest BCUT2D eigenvalue weighted by Crippen LogP contribution is 2.37. The predicted octanol–water partition coefficient (Wildman–Crippen LogP) is 5.55. The van der Waals surface area contributed by atoms with E-state index >= 15 is 0 Å². The Morgan fingerprint density at radius 1 is 1.03 bits per heavy atom. The van der Waals surface area contributed by atoms with Gasteiger partial charge in [-0.1, -0.05) is 45.0 Å². The van der Waals surface area contributed by atoms with E-state index in [4.69, 9.17) is 0 Å². The van der Waals surface area contributed by atoms with Gasteiger partial charge in [0, 0.05) is 18.6 Å². The highest BCUT2D eigenvalue weighted by atomic mass is 16.3. The Balaban J connectivity index is 1.52. The zero-order valence-corrected chi connectivity index (χ0v) is 20.3. The third-order valence-electron chi connectivity index (χ3n) is 7.22. The molecule has 2 aromatic rings. The Hall–Kier alpha value is -2.04. The van der Waals surface area contributed by atoms with Crippen molar-refractivity contribution in [2.24, 2.45) is 11.8 Å². The summed E-state index contributed by atoms with van der Waals surface area (Å²) in [7, 11) is 0. The van der Waals surface area contributed by atoms with Crippen LogP contribution in [-0.2, 0) is 6.42 Å². The SMILES string of the molecule is CC(C)C[C@@H](CN1CC[C@@H](c2cccc(O)c2)[C@@H](C)C1C)NCCCc1ccc(O)cc1. The maximum Gasteiger partial charge on any atom is 0.115 e. The number of piperidine rings is 1. The van der Waals surface area contributed by atoms with Crippen LogP contribution in [0.15, 0.2) is 48.5 Å². The maximum atomic E-state index is 9.91. The molecule has 0 amide bonds. The molecule has 1 unspecified atom stereocenters. The van der Waals surface area contributed by atoms with Crippen LogP contribution in [0.1, 0.15) is 64.0 Å². The lowest BCUT2D eigenvalue weighted by atomic mass is 9.77. The normalized spacial score (nSPS) is 22.8. The maximum absolute atomic E-state index is 9.91. The number of likely N-dealkylation sites (tertiary alicyclic amines) is 1. The van der Waals surface area contributed by atoms with Crippen molar-refractivity contribution in [1.29, 1.82) is 0 Å². The third-order valence-corrected chi connectivity index (χ3v) is 7.22. The van der Waals surface area contributed by atoms with Gasteiger partial charge in [0.1, 0.15) is 11.5 Å². The Kier molecular flexibility index (Phi) is 9.01. The smallest absolute Gasteiger partial charge is 0.115 e. The van der Waals surface area contributed by atoms with Crippen LogP contribution in [0.25, 0.3) is 0 Å². The minimum atomic E-state index is 0.333. The fourth-order valence-corrected chi connectivity index (χ4v) is 5.26. The fourth-order valence-electron chi connectivity index (χ4n) is 5.26. The van der Waals surface area contributed by atoms with Crippen LogP contribution in [0.2, 0.25) is 0 Å². The average molecular weight is 439 g/mol. The van der Waals surface area contributed by atoms with Crippen molar-refractivity contribution >= 4 is 0 Å². The number of aromatic hydroxyl groups is 2. The molecule has 176 valence electrons. The molecule has 0 saturated carbocycles. The molecule has 0 aromatic heterocycles. The third kappa shape index (κ3) is 6.98. The average Bonchev–Trinajstić information content (AvgIpc) is 2.75. The quantitative estimate of drug-likeness (QED) is 0.426. The van der Waals surface area contributed by atoms with Crippen molar-refractivity contribution in [2.45, 2.75) is 71.4 Å². The van der Waals surface area contributed by atoms with E-state index in [2.05, 4.69) is 44.0 Å². The lowest BCUT2D eigenvalue weighted by Gasteiger charge is -2.44. The number of hydrogen-bond donors (Lipinski definition) is 3. The van der Waals surface area contributed by atoms with Crippen molar-refractivity contribution in [3.63, 3.8) is 0 Å². The van der Waals surface area contributed by atoms with E-state index in [0.29, 0.717) is 41.3 Å². The molecule has 1 aliphatic heterocycles. The first kappa shape index (κ1) is 24.6. The lowest BCUT2D eigenvalue weighted by Crippen LogP contribution is -2.51. The summed E-state index contributed by atoms with van der Waals surface area (Å²) < 4.78 is 0. The van der Waals surface area contributed by atoms with E-state index in [0.717, 1.165) is 38.9 Å². The van der Waals surface area contributed by atoms with E-state index < -0.39 is 0 Å². The van der Waals surface area contributed by atoms with Crippen LogP contribution in [0, 0.1) is 11.8 Å². The van der Waals surface area contributed by atoms with Crippen LogP contribution in [0.3, 0.4) is 0 Å². The Labute approximate surface area is 194 Å². The van der Waals surface area contributed by atoms with E-state index in [9.17, 15) is 10.2 Å². The monoisotopic (exact) mass is 438 g/mol. The van der Waals surface area contributed by atoms with Gasteiger partial charge in [0.25, 0.3) is 0 Å². The standard InChI is InChI=1S/C28H42N2O2/c1-20(2)17-25(29-15-6-7-23-10-12-26(31)13-11-23)19-30-16-14-28(21(3)22(30)4)24-8-5-9-27(32)18-24/h5,8-13,18,20-22,25,28-29,31-32H,6-7,14-17,19H2,1-4H3/t21-,22?,25-,28+/m0/s1. The van der Waals surface area contributed by atoms with Crippen LogP contribution in [-0.4, -0.2) is 46.8 Å². The lowest BCUT2D eigenvalue weighted by molar-refractivity contribution is 0.0827. The highest BCUT2D eigenvalue weighted by Gasteiger charge is 2.34. The molecule has 1 saturated heterocycles. The fraction of sp³-hybridized carbons (Fsp3) is 0.571. The summed E-state index contributed by atoms with van der Waals surface area (Å²) in [6.07, 6.45) is 4.46. The summed E-state index contributed by atoms with van der Waals surface area (Å²) in [4.78, 5) is 2.67. The van der Waals surface area contributed by atoms with E-state index in [1.807, 2.05) is 24.3 Å². The first-order chi connectivity index (χ1) is 15.3. The second-order valence-corrected chi connectivity index (χ2v) is 10.1. The highest BCUT2D eigenvalue weighted by molar-refractivity contribution is 5.30. The predicted molar refractivity (Wildman–Crippen MR) is 133 cm³/mol. The van der Waals surface area contributed by atoms with Gasteiger partial charge in [-0.05, 0) is 98.8 Å². The first-order valence-corrected chi connectivity index (χ1v) is 12.4. The molecule has 32 heavy (non-hydrogen) atoms. The van der Waals surface area contributed by atoms with E-state index in [1.165, 1.54) is 17.5 Å². The molecule has 2 aromatic carbocycles. The van der Waals surface area contributed by atoms with Crippen molar-refractivity contribution in [1.82, 2.24) is 10.2 Å². The van der Waals surface area contributed by atoms with E-state index in [1.54, 1.807) is 18.2 Å². The summed E-state index contributed by atoms with van der Waals surface area (Å²) in [5.74, 6) is 2.44. The number of rotatable bonds is 10. The van der Waals surface area contributed by atoms with Crippen LogP contribution in [0.5, 0.6) is 11.5 Å².